The number of rotatable bonds is 68. The Kier molecular flexibility index (Phi) is 50.1. The number of hydrogen-bond donors (Lipinski definition) is 23. The third kappa shape index (κ3) is 42.0. The number of carbonyl (C=O) groups excluding carboxylic acids is 13. The van der Waals surface area contributed by atoms with Crippen LogP contribution >= 0.6 is 0 Å². The summed E-state index contributed by atoms with van der Waals surface area (Å²) >= 11 is 0. The number of aliphatic imine (C=N–C) groups is 1. The van der Waals surface area contributed by atoms with Gasteiger partial charge in [0.2, 0.25) is 76.8 Å². The number of allylic oxidation sites excluding steroid dienone is 8. The first-order valence-corrected chi connectivity index (χ1v) is 50.9. The molecule has 1 saturated heterocycles. The van der Waals surface area contributed by atoms with Gasteiger partial charge in [-0.2, -0.15) is 16.8 Å². The third-order valence-corrected chi connectivity index (χ3v) is 25.8. The number of nitrogens with one attached hydrogen (secondary N) is 12. The number of benzene rings is 2. The normalized spacial score (nSPS) is 16.2. The predicted molar refractivity (Wildman–Crippen MR) is 525 cm³/mol. The molecule has 0 spiro atoms. The molecule has 3 aliphatic rings. The number of likely N-dealkylation sites (N-methyl/N-ethyl adjacent to an activating group) is 1. The standard InChI is InChI=1S/C95H131N15O38S2/c1-8-96-84(132)67(48-52(2)3)108-93(141)69-18-17-46-110(69)73(112)51-148-47-44-97-83(131)58(25-35-74(113)114)100-86(134)60(27-37-76(117)118)102-88(136)62(29-39-78(121)122)104-90(138)64(31-41-80(125)126)106-92(140)66(33-43-82(129)130)107-91(139)65(32-42-81(127)128)105-89(137)63(30-40-79(123)124)103-87(135)61(28-38-77(119)120)101-85(133)59(26-36-75(115)116)99-72(111)21-15-12-16-45-109-68-34-23-54(150(145,146)147)50-56(68)95(6,7)71(109)20-14-11-9-10-13-19-70-94(4,5)55-49-53(149(142,143)144)22-24-57(55)98-70/h9-11,13-14,19-20,22-24,34,49-50,52,58-67,69H,8,12,15-18,21,25-33,35-48,51H2,1-7H3,(H,96,132)(H,97,131)(H,99,111)(H,100,134)(H,101,133)(H,102,136)(H,103,135)(H,104,138)(H,105,137)(H,106,140)(H,107,139)(H,108,141)(H,113,114)(H,115,116)(H,117,118)(H,119,120)(H,121,122)(H,123,124)(H,125,126)(H,127,128)(H,129,130)(H,142,143,144)(H,145,146,147)/b10-9+,14-11+,19-13+,71-20+/t58-,59-,60-,61-,62-,63-,64-,65-,66-,67+,69+/m1/s1. The molecule has 23 N–H and O–H groups in total. The second-order valence-corrected chi connectivity index (χ2v) is 39.7. The van der Waals surface area contributed by atoms with Crippen LogP contribution < -0.4 is 68.7 Å². The fraction of sp³-hybridized carbons (Fsp3) is 0.547. The zero-order chi connectivity index (χ0) is 112. The van der Waals surface area contributed by atoms with Gasteiger partial charge in [0.05, 0.1) is 27.8 Å². The molecular weight excluding hydrogens is 2020 g/mol. The van der Waals surface area contributed by atoms with Crippen molar-refractivity contribution in [2.45, 2.75) is 296 Å². The lowest BCUT2D eigenvalue weighted by Gasteiger charge is -2.28. The quantitative estimate of drug-likeness (QED) is 0.0242. The van der Waals surface area contributed by atoms with Crippen LogP contribution in [0, 0.1) is 5.92 Å². The predicted octanol–water partition coefficient (Wildman–Crippen LogP) is 0.392. The summed E-state index contributed by atoms with van der Waals surface area (Å²) < 4.78 is 73.6. The lowest BCUT2D eigenvalue weighted by Crippen LogP contribution is -2.60. The molecule has 11 atom stereocenters. The molecule has 3 aliphatic heterocycles. The maximum absolute atomic E-state index is 14.5. The first kappa shape index (κ1) is 125. The Morgan fingerprint density at radius 2 is 0.773 bits per heavy atom. The van der Waals surface area contributed by atoms with Gasteiger partial charge in [0, 0.05) is 113 Å². The zero-order valence-electron chi connectivity index (χ0n) is 83.5. The zero-order valence-corrected chi connectivity index (χ0v) is 85.1. The van der Waals surface area contributed by atoms with Crippen LogP contribution in [0.2, 0.25) is 0 Å². The highest BCUT2D eigenvalue weighted by Crippen LogP contribution is 2.49. The SMILES string of the molecule is CCNC(=O)[C@H](CC(C)C)NC(=O)[C@@H]1CCCN1C(=O)COCCNC(=O)[C@@H](CCC(=O)O)NC(=O)[C@@H](CCC(=O)O)NC(=O)[C@@H](CCC(=O)O)NC(=O)[C@@H](CCC(=O)O)NC(=O)[C@@H](CCC(=O)O)NC(=O)[C@@H](CCC(=O)O)NC(=O)[C@@H](CCC(=O)O)NC(=O)[C@@H](CCC(=O)O)NC(=O)[C@@H](CCC(=O)O)NC(=O)CCCCCN1/C(=C/C=C/C=C/C=C/C2=Nc3ccc(S(=O)(=O)O)cc3C2(C)C)C(C)(C)c2cc(S(=O)(=O)O)ccc21. The topological polar surface area (TPSA) is 839 Å². The van der Waals surface area contributed by atoms with Crippen LogP contribution in [0.3, 0.4) is 0 Å². The second-order valence-electron chi connectivity index (χ2n) is 36.9. The van der Waals surface area contributed by atoms with Crippen molar-refractivity contribution in [3.8, 4) is 0 Å². The van der Waals surface area contributed by atoms with Crippen molar-refractivity contribution in [3.63, 3.8) is 0 Å². The van der Waals surface area contributed by atoms with E-state index in [1.54, 1.807) is 49.5 Å². The van der Waals surface area contributed by atoms with E-state index in [0.717, 1.165) is 0 Å². The van der Waals surface area contributed by atoms with E-state index in [2.05, 4.69) is 68.8 Å². The number of carboxylic acid groups (broad SMARTS) is 9. The summed E-state index contributed by atoms with van der Waals surface area (Å²) in [5, 5.41) is 115. The van der Waals surface area contributed by atoms with Crippen molar-refractivity contribution in [2.75, 3.05) is 44.3 Å². The molecule has 3 heterocycles. The number of likely N-dealkylation sites (tertiary alicyclic amines) is 1. The lowest BCUT2D eigenvalue weighted by molar-refractivity contribution is -0.142. The summed E-state index contributed by atoms with van der Waals surface area (Å²) in [4.78, 5) is 297. The van der Waals surface area contributed by atoms with E-state index in [-0.39, 0.29) is 48.1 Å². The number of hydrogen-bond acceptors (Lipinski definition) is 29. The molecule has 826 valence electrons. The molecule has 5 rings (SSSR count). The molecule has 0 saturated carbocycles. The minimum absolute atomic E-state index is 0.00853. The summed E-state index contributed by atoms with van der Waals surface area (Å²) in [5.74, 6) is -29.9. The largest absolute Gasteiger partial charge is 0.481 e. The number of carboxylic acids is 9. The number of anilines is 1. The van der Waals surface area contributed by atoms with Gasteiger partial charge in [-0.1, -0.05) is 78.3 Å². The summed E-state index contributed by atoms with van der Waals surface area (Å²) in [5.41, 5.74) is 1.88. The molecular formula is C95H131N15O38S2. The summed E-state index contributed by atoms with van der Waals surface area (Å²) in [6.07, 6.45) is -2.98. The minimum atomic E-state index is -4.67. The van der Waals surface area contributed by atoms with E-state index in [0.29, 0.717) is 66.1 Å². The number of ether oxygens (including phenoxy) is 1. The summed E-state index contributed by atoms with van der Waals surface area (Å²) in [6, 6.07) is -12.4. The fourth-order valence-corrected chi connectivity index (χ4v) is 17.2. The van der Waals surface area contributed by atoms with Crippen LogP contribution in [-0.4, -0.2) is 319 Å². The van der Waals surface area contributed by atoms with Crippen molar-refractivity contribution in [1.82, 2.24) is 68.7 Å². The first-order valence-electron chi connectivity index (χ1n) is 48.0. The van der Waals surface area contributed by atoms with Crippen LogP contribution in [0.4, 0.5) is 11.4 Å². The van der Waals surface area contributed by atoms with Crippen LogP contribution in [0.25, 0.3) is 0 Å². The van der Waals surface area contributed by atoms with Crippen molar-refractivity contribution in [3.05, 3.63) is 95.8 Å². The van der Waals surface area contributed by atoms with Crippen molar-refractivity contribution < 1.29 is 182 Å². The molecule has 13 amide bonds. The Bertz CT molecular complexity index is 5720. The van der Waals surface area contributed by atoms with E-state index in [4.69, 9.17) is 4.74 Å². The van der Waals surface area contributed by atoms with E-state index in [9.17, 15) is 177 Å². The molecule has 150 heavy (non-hydrogen) atoms. The Hall–Kier alpha value is -15.0. The molecule has 53 nitrogen and oxygen atoms in total. The highest BCUT2D eigenvalue weighted by atomic mass is 32.2. The smallest absolute Gasteiger partial charge is 0.303 e. The Balaban J connectivity index is 1.31. The summed E-state index contributed by atoms with van der Waals surface area (Å²) in [6.45, 7) is 12.0. The fourth-order valence-electron chi connectivity index (χ4n) is 16.2. The molecule has 55 heteroatoms. The van der Waals surface area contributed by atoms with Crippen LogP contribution in [0.5, 0.6) is 0 Å². The Morgan fingerprint density at radius 1 is 0.420 bits per heavy atom. The highest BCUT2D eigenvalue weighted by Gasteiger charge is 2.44. The molecule has 0 radical (unpaired) electrons. The minimum Gasteiger partial charge on any atom is -0.481 e. The third-order valence-electron chi connectivity index (χ3n) is 24.1. The van der Waals surface area contributed by atoms with Gasteiger partial charge in [0.15, 0.2) is 0 Å². The van der Waals surface area contributed by atoms with Crippen molar-refractivity contribution >= 4 is 168 Å². The number of aliphatic carboxylic acids is 9. The molecule has 2 aromatic rings. The average Bonchev–Trinajstić information content (AvgIpc) is 1.58. The lowest BCUT2D eigenvalue weighted by atomic mass is 9.81. The number of unbranched alkanes of at least 4 members (excludes halogenated alkanes) is 2. The first-order chi connectivity index (χ1) is 70.2. The summed E-state index contributed by atoms with van der Waals surface area (Å²) in [7, 11) is -9.15. The Labute approximate surface area is 861 Å². The molecule has 1 fully saturated rings. The molecule has 0 bridgehead atoms. The van der Waals surface area contributed by atoms with Gasteiger partial charge < -0.3 is 124 Å². The monoisotopic (exact) mass is 2150 g/mol. The van der Waals surface area contributed by atoms with Crippen LogP contribution in [-0.2, 0) is 141 Å². The second kappa shape index (κ2) is 59.8. The number of fused-ring (bicyclic) bond motifs is 2. The molecule has 0 aromatic heterocycles. The van der Waals surface area contributed by atoms with Gasteiger partial charge in [-0.05, 0) is 162 Å². The van der Waals surface area contributed by atoms with Gasteiger partial charge in [-0.25, -0.2) is 0 Å². The maximum atomic E-state index is 14.5. The van der Waals surface area contributed by atoms with Gasteiger partial charge in [0.25, 0.3) is 20.2 Å². The molecule has 2 aromatic carbocycles. The number of nitrogens with zero attached hydrogens (tertiary/aromatic N) is 3. The van der Waals surface area contributed by atoms with Crippen molar-refractivity contribution in [2.24, 2.45) is 10.9 Å². The molecule has 0 aliphatic carbocycles. The van der Waals surface area contributed by atoms with E-state index in [1.165, 1.54) is 41.3 Å². The number of carbonyl (C=O) groups is 22. The average molecular weight is 2160 g/mol. The Morgan fingerprint density at radius 3 is 1.15 bits per heavy atom. The van der Waals surface area contributed by atoms with Gasteiger partial charge >= 0.3 is 53.7 Å². The van der Waals surface area contributed by atoms with Gasteiger partial charge in [-0.3, -0.25) is 120 Å². The van der Waals surface area contributed by atoms with Gasteiger partial charge in [0.1, 0.15) is 73.1 Å². The number of amides is 13. The van der Waals surface area contributed by atoms with Crippen LogP contribution in [0.15, 0.2) is 99.4 Å². The molecule has 0 unspecified atom stereocenters. The van der Waals surface area contributed by atoms with Gasteiger partial charge in [-0.15, -0.1) is 0 Å². The van der Waals surface area contributed by atoms with E-state index in [1.807, 2.05) is 46.4 Å². The van der Waals surface area contributed by atoms with Crippen molar-refractivity contribution in [1.29, 1.82) is 0 Å². The van der Waals surface area contributed by atoms with Crippen LogP contribution in [0.1, 0.15) is 220 Å². The van der Waals surface area contributed by atoms with E-state index < -0.39 is 363 Å². The van der Waals surface area contributed by atoms with E-state index >= 15 is 0 Å². The maximum Gasteiger partial charge on any atom is 0.303 e. The highest BCUT2D eigenvalue weighted by molar-refractivity contribution is 7.86.